The van der Waals surface area contributed by atoms with Gasteiger partial charge in [-0.15, -0.1) is 0 Å². The molecule has 1 aromatic rings. The minimum absolute atomic E-state index is 0.446. The monoisotopic (exact) mass is 234 g/mol. The second-order valence-electron chi connectivity index (χ2n) is 5.55. The van der Waals surface area contributed by atoms with Gasteiger partial charge in [0.25, 0.3) is 0 Å². The molecular weight excluding hydrogens is 216 g/mol. The van der Waals surface area contributed by atoms with Gasteiger partial charge in [0.05, 0.1) is 11.1 Å². The lowest BCUT2D eigenvalue weighted by Crippen LogP contribution is -2.42. The van der Waals surface area contributed by atoms with Crippen molar-refractivity contribution in [3.63, 3.8) is 0 Å². The first-order valence-corrected chi connectivity index (χ1v) is 5.63. The van der Waals surface area contributed by atoms with Crippen molar-refractivity contribution in [2.75, 3.05) is 0 Å². The average molecular weight is 234 g/mol. The Bertz CT molecular complexity index is 492. The molecule has 0 atom stereocenters. The van der Waals surface area contributed by atoms with Gasteiger partial charge in [0.15, 0.2) is 0 Å². The molecule has 0 unspecified atom stereocenters. The molecule has 1 amide bonds. The molecule has 0 saturated carbocycles. The highest BCUT2D eigenvalue weighted by Gasteiger charge is 2.48. The number of fused-ring (bicyclic) bond motifs is 1. The highest BCUT2D eigenvalue weighted by Crippen LogP contribution is 2.48. The number of primary amides is 1. The second-order valence-corrected chi connectivity index (χ2v) is 5.55. The Kier molecular flexibility index (Phi) is 2.35. The van der Waals surface area contributed by atoms with E-state index in [-0.39, 0.29) is 0 Å². The van der Waals surface area contributed by atoms with Gasteiger partial charge in [0, 0.05) is 5.56 Å². The zero-order chi connectivity index (χ0) is 13.0. The van der Waals surface area contributed by atoms with Crippen molar-refractivity contribution in [1.82, 2.24) is 5.06 Å². The zero-order valence-corrected chi connectivity index (χ0v) is 10.6. The van der Waals surface area contributed by atoms with Crippen LogP contribution >= 0.6 is 0 Å². The summed E-state index contributed by atoms with van der Waals surface area (Å²) in [6.07, 6.45) is 0. The molecule has 0 saturated heterocycles. The van der Waals surface area contributed by atoms with Crippen LogP contribution in [-0.4, -0.2) is 16.2 Å². The summed E-state index contributed by atoms with van der Waals surface area (Å²) < 4.78 is 0. The number of rotatable bonds is 1. The molecule has 4 nitrogen and oxygen atoms in total. The molecule has 1 aliphatic heterocycles. The van der Waals surface area contributed by atoms with Crippen molar-refractivity contribution in [2.45, 2.75) is 38.8 Å². The summed E-state index contributed by atoms with van der Waals surface area (Å²) in [5.74, 6) is -0.446. The van der Waals surface area contributed by atoms with Crippen LogP contribution in [0.1, 0.15) is 49.2 Å². The van der Waals surface area contributed by atoms with Crippen LogP contribution in [0.15, 0.2) is 18.2 Å². The van der Waals surface area contributed by atoms with E-state index in [1.807, 2.05) is 33.8 Å². The molecule has 0 bridgehead atoms. The van der Waals surface area contributed by atoms with Crippen LogP contribution in [0.4, 0.5) is 0 Å². The maximum absolute atomic E-state index is 11.2. The molecule has 92 valence electrons. The number of carbonyl (C=O) groups is 1. The number of nitrogens with two attached hydrogens (primary N) is 1. The largest absolute Gasteiger partial charge is 0.366 e. The lowest BCUT2D eigenvalue weighted by Gasteiger charge is -2.34. The molecule has 3 N–H and O–H groups in total. The number of hydrogen-bond acceptors (Lipinski definition) is 3. The minimum Gasteiger partial charge on any atom is -0.366 e. The molecule has 0 aliphatic carbocycles. The number of nitrogens with zero attached hydrogens (tertiary/aromatic N) is 1. The van der Waals surface area contributed by atoms with E-state index in [4.69, 9.17) is 5.73 Å². The number of amides is 1. The lowest BCUT2D eigenvalue weighted by atomic mass is 9.89. The molecule has 1 aliphatic rings. The summed E-state index contributed by atoms with van der Waals surface area (Å²) >= 11 is 0. The van der Waals surface area contributed by atoms with E-state index < -0.39 is 17.0 Å². The predicted octanol–water partition coefficient (Wildman–Crippen LogP) is 1.96. The molecule has 1 heterocycles. The standard InChI is InChI=1S/C13H18N2O2/c1-12(2)9-6-5-8(11(14)16)7-10(9)13(3,4)15(12)17/h5-7,17H,1-4H3,(H2,14,16). The summed E-state index contributed by atoms with van der Waals surface area (Å²) in [5, 5.41) is 11.6. The van der Waals surface area contributed by atoms with E-state index in [9.17, 15) is 10.0 Å². The Morgan fingerprint density at radius 1 is 1.18 bits per heavy atom. The summed E-state index contributed by atoms with van der Waals surface area (Å²) in [6.45, 7) is 7.74. The molecule has 0 radical (unpaired) electrons. The van der Waals surface area contributed by atoms with Crippen molar-refractivity contribution in [1.29, 1.82) is 0 Å². The smallest absolute Gasteiger partial charge is 0.248 e. The number of carbonyl (C=O) groups excluding carboxylic acids is 1. The van der Waals surface area contributed by atoms with Crippen LogP contribution in [0.5, 0.6) is 0 Å². The van der Waals surface area contributed by atoms with Gasteiger partial charge in [-0.05, 0) is 51.0 Å². The molecule has 0 fully saturated rings. The maximum Gasteiger partial charge on any atom is 0.248 e. The van der Waals surface area contributed by atoms with Gasteiger partial charge in [-0.3, -0.25) is 4.79 Å². The van der Waals surface area contributed by atoms with Crippen molar-refractivity contribution in [2.24, 2.45) is 5.73 Å². The van der Waals surface area contributed by atoms with Gasteiger partial charge < -0.3 is 10.9 Å². The van der Waals surface area contributed by atoms with Gasteiger partial charge in [-0.1, -0.05) is 6.07 Å². The Labute approximate surface area is 101 Å². The molecular formula is C13H18N2O2. The van der Waals surface area contributed by atoms with Crippen LogP contribution in [0, 0.1) is 0 Å². The van der Waals surface area contributed by atoms with Crippen molar-refractivity contribution >= 4 is 5.91 Å². The van der Waals surface area contributed by atoms with Crippen molar-refractivity contribution in [3.05, 3.63) is 34.9 Å². The highest BCUT2D eigenvalue weighted by molar-refractivity contribution is 5.93. The van der Waals surface area contributed by atoms with E-state index in [2.05, 4.69) is 0 Å². The number of benzene rings is 1. The fourth-order valence-electron chi connectivity index (χ4n) is 2.66. The Morgan fingerprint density at radius 3 is 2.24 bits per heavy atom. The van der Waals surface area contributed by atoms with Gasteiger partial charge in [0.2, 0.25) is 5.91 Å². The Hall–Kier alpha value is -1.39. The fourth-order valence-corrected chi connectivity index (χ4v) is 2.66. The Balaban J connectivity index is 2.68. The van der Waals surface area contributed by atoms with E-state index >= 15 is 0 Å². The SMILES string of the molecule is CC1(C)c2ccc(C(N)=O)cc2C(C)(C)N1O. The molecule has 0 aromatic heterocycles. The summed E-state index contributed by atoms with van der Waals surface area (Å²) in [6, 6.07) is 5.35. The van der Waals surface area contributed by atoms with Crippen molar-refractivity contribution in [3.8, 4) is 0 Å². The molecule has 4 heteroatoms. The van der Waals surface area contributed by atoms with E-state index in [1.165, 1.54) is 5.06 Å². The van der Waals surface area contributed by atoms with E-state index in [0.717, 1.165) is 11.1 Å². The van der Waals surface area contributed by atoms with Crippen LogP contribution in [0.2, 0.25) is 0 Å². The van der Waals surface area contributed by atoms with Crippen LogP contribution in [0.25, 0.3) is 0 Å². The van der Waals surface area contributed by atoms with Gasteiger partial charge in [-0.2, -0.15) is 5.06 Å². The molecule has 17 heavy (non-hydrogen) atoms. The average Bonchev–Trinajstić information content (AvgIpc) is 2.38. The minimum atomic E-state index is -0.524. The van der Waals surface area contributed by atoms with Crippen LogP contribution in [0.3, 0.4) is 0 Å². The molecule has 1 aromatic carbocycles. The molecule has 2 rings (SSSR count). The first kappa shape index (κ1) is 12.1. The van der Waals surface area contributed by atoms with E-state index in [1.54, 1.807) is 12.1 Å². The third-order valence-corrected chi connectivity index (χ3v) is 3.68. The van der Waals surface area contributed by atoms with E-state index in [0.29, 0.717) is 5.56 Å². The first-order chi connectivity index (χ1) is 7.69. The van der Waals surface area contributed by atoms with Crippen LogP contribution in [-0.2, 0) is 11.1 Å². The summed E-state index contributed by atoms with van der Waals surface area (Å²) in [5.41, 5.74) is 6.74. The third kappa shape index (κ3) is 1.48. The topological polar surface area (TPSA) is 66.6 Å². The molecule has 0 spiro atoms. The summed E-state index contributed by atoms with van der Waals surface area (Å²) in [7, 11) is 0. The van der Waals surface area contributed by atoms with Gasteiger partial charge >= 0.3 is 0 Å². The lowest BCUT2D eigenvalue weighted by molar-refractivity contribution is -0.216. The fraction of sp³-hybridized carbons (Fsp3) is 0.462. The number of hydrogen-bond donors (Lipinski definition) is 2. The maximum atomic E-state index is 11.2. The van der Waals surface area contributed by atoms with Gasteiger partial charge in [0.1, 0.15) is 0 Å². The first-order valence-electron chi connectivity index (χ1n) is 5.63. The van der Waals surface area contributed by atoms with Crippen molar-refractivity contribution < 1.29 is 10.0 Å². The normalized spacial score (nSPS) is 21.2. The van der Waals surface area contributed by atoms with Crippen LogP contribution < -0.4 is 5.73 Å². The zero-order valence-electron chi connectivity index (χ0n) is 10.6. The Morgan fingerprint density at radius 2 is 1.71 bits per heavy atom. The van der Waals surface area contributed by atoms with Gasteiger partial charge in [-0.25, -0.2) is 0 Å². The third-order valence-electron chi connectivity index (χ3n) is 3.68. The quantitative estimate of drug-likeness (QED) is 0.780. The second kappa shape index (κ2) is 3.31. The highest BCUT2D eigenvalue weighted by atomic mass is 16.5. The number of hydroxylamine groups is 2. The summed E-state index contributed by atoms with van der Waals surface area (Å²) in [4.78, 5) is 11.2. The predicted molar refractivity (Wildman–Crippen MR) is 64.6 cm³/mol.